The number of rotatable bonds is 11. The Labute approximate surface area is 163 Å². The van der Waals surface area contributed by atoms with E-state index in [9.17, 15) is 9.18 Å². The van der Waals surface area contributed by atoms with Gasteiger partial charge in [0, 0.05) is 18.6 Å². The van der Waals surface area contributed by atoms with Crippen molar-refractivity contribution < 1.29 is 18.7 Å². The van der Waals surface area contributed by atoms with Crippen molar-refractivity contribution in [2.24, 2.45) is 5.92 Å². The number of hydrogen-bond donors (Lipinski definition) is 0. The lowest BCUT2D eigenvalue weighted by Crippen LogP contribution is -2.26. The van der Waals surface area contributed by atoms with Gasteiger partial charge in [0.1, 0.15) is 0 Å². The Bertz CT molecular complexity index is 592. The van der Waals surface area contributed by atoms with E-state index in [0.29, 0.717) is 36.2 Å². The molecule has 1 aliphatic rings. The van der Waals surface area contributed by atoms with Crippen molar-refractivity contribution >= 4 is 5.78 Å². The van der Waals surface area contributed by atoms with Gasteiger partial charge in [0.2, 0.25) is 0 Å². The van der Waals surface area contributed by atoms with Gasteiger partial charge in [-0.1, -0.05) is 26.2 Å². The number of ether oxygens (including phenoxy) is 2. The minimum atomic E-state index is -0.419. The van der Waals surface area contributed by atoms with E-state index in [0.717, 1.165) is 25.9 Å². The van der Waals surface area contributed by atoms with Crippen LogP contribution in [0.5, 0.6) is 5.75 Å². The first-order valence-electron chi connectivity index (χ1n) is 10.6. The van der Waals surface area contributed by atoms with Crippen LogP contribution in [-0.2, 0) is 4.74 Å². The van der Waals surface area contributed by atoms with E-state index in [-0.39, 0.29) is 11.5 Å². The second kappa shape index (κ2) is 11.4. The van der Waals surface area contributed by atoms with Gasteiger partial charge in [-0.2, -0.15) is 0 Å². The van der Waals surface area contributed by atoms with E-state index in [1.807, 2.05) is 6.92 Å². The number of unbranched alkanes of at least 4 members (excludes halogenated alkanes) is 2. The molecule has 2 rings (SSSR count). The Balaban J connectivity index is 1.73. The molecule has 2 unspecified atom stereocenters. The first kappa shape index (κ1) is 21.9. The summed E-state index contributed by atoms with van der Waals surface area (Å²) >= 11 is 0. The lowest BCUT2D eigenvalue weighted by atomic mass is 9.90. The Morgan fingerprint density at radius 1 is 1.19 bits per heavy atom. The van der Waals surface area contributed by atoms with Gasteiger partial charge >= 0.3 is 0 Å². The van der Waals surface area contributed by atoms with Crippen LogP contribution in [0, 0.1) is 18.7 Å². The van der Waals surface area contributed by atoms with Crippen molar-refractivity contribution in [2.75, 3.05) is 13.2 Å². The van der Waals surface area contributed by atoms with Crippen molar-refractivity contribution in [3.63, 3.8) is 0 Å². The highest BCUT2D eigenvalue weighted by atomic mass is 19.1. The third-order valence-electron chi connectivity index (χ3n) is 5.56. The van der Waals surface area contributed by atoms with E-state index in [1.165, 1.54) is 32.1 Å². The molecule has 1 aromatic carbocycles. The number of ketones is 1. The van der Waals surface area contributed by atoms with Crippen LogP contribution in [0.25, 0.3) is 0 Å². The Kier molecular flexibility index (Phi) is 9.26. The smallest absolute Gasteiger partial charge is 0.168 e. The summed E-state index contributed by atoms with van der Waals surface area (Å²) in [6.07, 6.45) is 10.1. The molecule has 0 aromatic heterocycles. The highest BCUT2D eigenvalue weighted by Crippen LogP contribution is 2.28. The average Bonchev–Trinajstić information content (AvgIpc) is 2.67. The van der Waals surface area contributed by atoms with Crippen molar-refractivity contribution in [1.82, 2.24) is 0 Å². The standard InChI is InChI=1S/C23H35FO3/c1-4-6-7-10-19-13-12-18(16-27-19)9-8-11-21(25)20-14-15-22(26-5-2)23(24)17(20)3/h14-15,18-19H,4-13,16H2,1-3H3. The molecule has 0 radical (unpaired) electrons. The maximum Gasteiger partial charge on any atom is 0.168 e. The van der Waals surface area contributed by atoms with Crippen molar-refractivity contribution in [3.05, 3.63) is 29.1 Å². The third kappa shape index (κ3) is 6.60. The summed E-state index contributed by atoms with van der Waals surface area (Å²) in [5.41, 5.74) is 0.869. The van der Waals surface area contributed by atoms with Gasteiger partial charge < -0.3 is 9.47 Å². The molecule has 0 amide bonds. The van der Waals surface area contributed by atoms with Crippen LogP contribution in [0.4, 0.5) is 4.39 Å². The molecule has 0 N–H and O–H groups in total. The molecule has 3 nitrogen and oxygen atoms in total. The predicted molar refractivity (Wildman–Crippen MR) is 107 cm³/mol. The first-order chi connectivity index (χ1) is 13.1. The van der Waals surface area contributed by atoms with Crippen molar-refractivity contribution in [3.8, 4) is 5.75 Å². The molecule has 0 spiro atoms. The number of carbonyl (C=O) groups excluding carboxylic acids is 1. The molecule has 27 heavy (non-hydrogen) atoms. The molecule has 1 saturated heterocycles. The lowest BCUT2D eigenvalue weighted by Gasteiger charge is -2.29. The minimum absolute atomic E-state index is 0.0172. The van der Waals surface area contributed by atoms with Gasteiger partial charge in [-0.3, -0.25) is 4.79 Å². The van der Waals surface area contributed by atoms with Crippen molar-refractivity contribution in [2.45, 2.75) is 84.7 Å². The normalized spacial score (nSPS) is 19.9. The Morgan fingerprint density at radius 2 is 2.00 bits per heavy atom. The molecule has 1 aromatic rings. The van der Waals surface area contributed by atoms with Crippen LogP contribution >= 0.6 is 0 Å². The van der Waals surface area contributed by atoms with Crippen LogP contribution in [0.3, 0.4) is 0 Å². The first-order valence-corrected chi connectivity index (χ1v) is 10.6. The van der Waals surface area contributed by atoms with E-state index < -0.39 is 5.82 Å². The quantitative estimate of drug-likeness (QED) is 0.337. The molecule has 1 fully saturated rings. The molecular weight excluding hydrogens is 343 g/mol. The van der Waals surface area contributed by atoms with Crippen LogP contribution in [0.15, 0.2) is 12.1 Å². The van der Waals surface area contributed by atoms with Gasteiger partial charge in [0.25, 0.3) is 0 Å². The van der Waals surface area contributed by atoms with Crippen LogP contribution in [0.1, 0.15) is 87.6 Å². The van der Waals surface area contributed by atoms with Crippen LogP contribution in [0.2, 0.25) is 0 Å². The van der Waals surface area contributed by atoms with E-state index >= 15 is 0 Å². The summed E-state index contributed by atoms with van der Waals surface area (Å²) in [5, 5.41) is 0. The summed E-state index contributed by atoms with van der Waals surface area (Å²) in [4.78, 5) is 12.5. The molecule has 4 heteroatoms. The number of hydrogen-bond acceptors (Lipinski definition) is 3. The fourth-order valence-electron chi connectivity index (χ4n) is 3.85. The van der Waals surface area contributed by atoms with Gasteiger partial charge in [-0.05, 0) is 69.6 Å². The van der Waals surface area contributed by atoms with Crippen LogP contribution in [-0.4, -0.2) is 25.1 Å². The second-order valence-corrected chi connectivity index (χ2v) is 7.69. The minimum Gasteiger partial charge on any atom is -0.491 e. The SMILES string of the molecule is CCCCCC1CCC(CCCC(=O)c2ccc(OCC)c(F)c2C)CO1. The zero-order valence-corrected chi connectivity index (χ0v) is 17.2. The van der Waals surface area contributed by atoms with E-state index in [2.05, 4.69) is 6.92 Å². The highest BCUT2D eigenvalue weighted by Gasteiger charge is 2.22. The summed E-state index contributed by atoms with van der Waals surface area (Å²) in [6, 6.07) is 3.25. The predicted octanol–water partition coefficient (Wildman–Crippen LogP) is 6.26. The number of benzene rings is 1. The molecule has 2 atom stereocenters. The van der Waals surface area contributed by atoms with Crippen LogP contribution < -0.4 is 4.74 Å². The Morgan fingerprint density at radius 3 is 2.67 bits per heavy atom. The monoisotopic (exact) mass is 378 g/mol. The number of Topliss-reactive ketones (excluding diaryl/α,β-unsaturated/α-hetero) is 1. The third-order valence-corrected chi connectivity index (χ3v) is 5.56. The fraction of sp³-hybridized carbons (Fsp3) is 0.696. The number of carbonyl (C=O) groups is 1. The average molecular weight is 379 g/mol. The summed E-state index contributed by atoms with van der Waals surface area (Å²) < 4.78 is 25.5. The largest absolute Gasteiger partial charge is 0.491 e. The topological polar surface area (TPSA) is 35.5 Å². The maximum absolute atomic E-state index is 14.3. The van der Waals surface area contributed by atoms with Gasteiger partial charge in [-0.15, -0.1) is 0 Å². The van der Waals surface area contributed by atoms with Gasteiger partial charge in [0.15, 0.2) is 17.3 Å². The van der Waals surface area contributed by atoms with Gasteiger partial charge in [0.05, 0.1) is 12.7 Å². The zero-order valence-electron chi connectivity index (χ0n) is 17.2. The van der Waals surface area contributed by atoms with E-state index in [4.69, 9.17) is 9.47 Å². The molecule has 152 valence electrons. The van der Waals surface area contributed by atoms with E-state index in [1.54, 1.807) is 19.1 Å². The fourth-order valence-corrected chi connectivity index (χ4v) is 3.85. The molecule has 0 bridgehead atoms. The molecule has 0 saturated carbocycles. The molecular formula is C23H35FO3. The Hall–Kier alpha value is -1.42. The molecule has 1 aliphatic heterocycles. The molecule has 0 aliphatic carbocycles. The van der Waals surface area contributed by atoms with Crippen molar-refractivity contribution in [1.29, 1.82) is 0 Å². The highest BCUT2D eigenvalue weighted by molar-refractivity contribution is 5.97. The molecule has 1 heterocycles. The maximum atomic E-state index is 14.3. The lowest BCUT2D eigenvalue weighted by molar-refractivity contribution is -0.0231. The summed E-state index contributed by atoms with van der Waals surface area (Å²) in [5.74, 6) is 0.374. The summed E-state index contributed by atoms with van der Waals surface area (Å²) in [6.45, 7) is 6.92. The second-order valence-electron chi connectivity index (χ2n) is 7.69. The van der Waals surface area contributed by atoms with Gasteiger partial charge in [-0.25, -0.2) is 4.39 Å². The zero-order chi connectivity index (χ0) is 19.6. The number of halogens is 1. The summed E-state index contributed by atoms with van der Waals surface area (Å²) in [7, 11) is 0.